The van der Waals surface area contributed by atoms with E-state index in [9.17, 15) is 22.0 Å². The van der Waals surface area contributed by atoms with Crippen LogP contribution >= 0.6 is 0 Å². The van der Waals surface area contributed by atoms with Gasteiger partial charge >= 0.3 is 0 Å². The van der Waals surface area contributed by atoms with E-state index in [2.05, 4.69) is 0 Å². The normalized spacial score (nSPS) is 12.3. The SMILES string of the molecule is CCC(CC)CO[Si](C)(C)c1c(F)c(F)c(F)c(F)c1F. The first-order valence-electron chi connectivity index (χ1n) is 6.83. The molecular formula is C14H19F5OSi. The maximum atomic E-state index is 13.8. The van der Waals surface area contributed by atoms with E-state index in [1.54, 1.807) is 0 Å². The van der Waals surface area contributed by atoms with Gasteiger partial charge in [0, 0.05) is 11.8 Å². The molecular weight excluding hydrogens is 307 g/mol. The number of benzene rings is 1. The molecule has 0 atom stereocenters. The summed E-state index contributed by atoms with van der Waals surface area (Å²) in [6, 6.07) is 0. The van der Waals surface area contributed by atoms with Crippen LogP contribution in [-0.2, 0) is 4.43 Å². The highest BCUT2D eigenvalue weighted by Gasteiger charge is 2.38. The summed E-state index contributed by atoms with van der Waals surface area (Å²) in [4.78, 5) is 0. The van der Waals surface area contributed by atoms with Crippen LogP contribution in [0.15, 0.2) is 0 Å². The van der Waals surface area contributed by atoms with Crippen molar-refractivity contribution >= 4 is 13.5 Å². The van der Waals surface area contributed by atoms with Gasteiger partial charge in [0.15, 0.2) is 23.3 Å². The first-order chi connectivity index (χ1) is 9.67. The smallest absolute Gasteiger partial charge is 0.224 e. The number of halogens is 5. The third-order valence-electron chi connectivity index (χ3n) is 3.65. The van der Waals surface area contributed by atoms with Crippen molar-refractivity contribution < 1.29 is 26.4 Å². The zero-order valence-corrected chi connectivity index (χ0v) is 13.5. The quantitative estimate of drug-likeness (QED) is 0.329. The van der Waals surface area contributed by atoms with E-state index in [1.165, 1.54) is 13.1 Å². The van der Waals surface area contributed by atoms with Gasteiger partial charge in [-0.25, -0.2) is 22.0 Å². The van der Waals surface area contributed by atoms with Crippen molar-refractivity contribution in [3.8, 4) is 0 Å². The van der Waals surface area contributed by atoms with Crippen LogP contribution in [0.5, 0.6) is 0 Å². The van der Waals surface area contributed by atoms with E-state index in [1.807, 2.05) is 13.8 Å². The number of hydrogen-bond acceptors (Lipinski definition) is 1. The van der Waals surface area contributed by atoms with Gasteiger partial charge < -0.3 is 4.43 Å². The van der Waals surface area contributed by atoms with Gasteiger partial charge in [0.05, 0.1) is 0 Å². The molecule has 1 aromatic rings. The van der Waals surface area contributed by atoms with Crippen LogP contribution in [0.3, 0.4) is 0 Å². The Morgan fingerprint density at radius 2 is 1.19 bits per heavy atom. The third-order valence-corrected chi connectivity index (χ3v) is 6.18. The minimum absolute atomic E-state index is 0.193. The second-order valence-corrected chi connectivity index (χ2v) is 9.26. The monoisotopic (exact) mass is 326 g/mol. The summed E-state index contributed by atoms with van der Waals surface area (Å²) in [5.74, 6) is -9.36. The highest BCUT2D eigenvalue weighted by atomic mass is 28.4. The topological polar surface area (TPSA) is 9.23 Å². The first-order valence-corrected chi connectivity index (χ1v) is 9.73. The summed E-state index contributed by atoms with van der Waals surface area (Å²) < 4.78 is 72.8. The lowest BCUT2D eigenvalue weighted by Crippen LogP contribution is -2.50. The van der Waals surface area contributed by atoms with Gasteiger partial charge in [-0.15, -0.1) is 0 Å². The summed E-state index contributed by atoms with van der Waals surface area (Å²) in [5, 5.41) is -0.801. The Labute approximate surface area is 122 Å². The molecule has 0 unspecified atom stereocenters. The molecule has 7 heteroatoms. The number of rotatable bonds is 6. The molecule has 0 fully saturated rings. The van der Waals surface area contributed by atoms with Gasteiger partial charge in [-0.2, -0.15) is 0 Å². The standard InChI is InChI=1S/C14H19F5OSi/c1-5-8(6-2)7-20-21(3,4)14-12(18)10(16)9(15)11(17)13(14)19/h8H,5-7H2,1-4H3. The van der Waals surface area contributed by atoms with E-state index < -0.39 is 42.6 Å². The minimum Gasteiger partial charge on any atom is -0.412 e. The van der Waals surface area contributed by atoms with Crippen LogP contribution < -0.4 is 5.19 Å². The molecule has 1 rings (SSSR count). The molecule has 21 heavy (non-hydrogen) atoms. The van der Waals surface area contributed by atoms with Gasteiger partial charge in [0.1, 0.15) is 0 Å². The van der Waals surface area contributed by atoms with Crippen molar-refractivity contribution in [3.63, 3.8) is 0 Å². The Kier molecular flexibility index (Phi) is 5.92. The van der Waals surface area contributed by atoms with Crippen LogP contribution in [-0.4, -0.2) is 14.9 Å². The molecule has 0 aromatic heterocycles. The van der Waals surface area contributed by atoms with Crippen molar-refractivity contribution in [1.82, 2.24) is 0 Å². The molecule has 0 aliphatic carbocycles. The summed E-state index contributed by atoms with van der Waals surface area (Å²) in [5.41, 5.74) is 0. The predicted octanol–water partition coefficient (Wildman–Crippen LogP) is 4.25. The molecule has 1 nitrogen and oxygen atoms in total. The van der Waals surface area contributed by atoms with E-state index >= 15 is 0 Å². The highest BCUT2D eigenvalue weighted by Crippen LogP contribution is 2.21. The Morgan fingerprint density at radius 1 is 0.810 bits per heavy atom. The van der Waals surface area contributed by atoms with Crippen molar-refractivity contribution in [3.05, 3.63) is 29.1 Å². The van der Waals surface area contributed by atoms with Crippen LogP contribution in [0.25, 0.3) is 0 Å². The molecule has 0 heterocycles. The Morgan fingerprint density at radius 3 is 1.57 bits per heavy atom. The van der Waals surface area contributed by atoms with E-state index in [0.29, 0.717) is 0 Å². The lowest BCUT2D eigenvalue weighted by atomic mass is 10.1. The third kappa shape index (κ3) is 3.63. The largest absolute Gasteiger partial charge is 0.412 e. The fourth-order valence-electron chi connectivity index (χ4n) is 2.06. The maximum Gasteiger partial charge on any atom is 0.224 e. The van der Waals surface area contributed by atoms with Crippen molar-refractivity contribution in [2.75, 3.05) is 6.61 Å². The molecule has 0 amide bonds. The predicted molar refractivity (Wildman–Crippen MR) is 73.4 cm³/mol. The lowest BCUT2D eigenvalue weighted by Gasteiger charge is -2.27. The Bertz CT molecular complexity index is 486. The summed E-state index contributed by atoms with van der Waals surface area (Å²) in [7, 11) is -3.25. The van der Waals surface area contributed by atoms with Crippen LogP contribution in [0.4, 0.5) is 22.0 Å². The molecule has 0 aliphatic rings. The molecule has 0 aliphatic heterocycles. The zero-order valence-electron chi connectivity index (χ0n) is 12.5. The maximum absolute atomic E-state index is 13.8. The van der Waals surface area contributed by atoms with E-state index in [-0.39, 0.29) is 12.5 Å². The summed E-state index contributed by atoms with van der Waals surface area (Å²) in [6.45, 7) is 6.99. The molecule has 0 bridgehead atoms. The number of hydrogen-bond donors (Lipinski definition) is 0. The molecule has 0 radical (unpaired) electrons. The van der Waals surface area contributed by atoms with E-state index in [4.69, 9.17) is 4.43 Å². The van der Waals surface area contributed by atoms with Gasteiger partial charge in [-0.05, 0) is 19.0 Å². The van der Waals surface area contributed by atoms with Crippen LogP contribution in [0, 0.1) is 35.0 Å². The first kappa shape index (κ1) is 18.1. The molecule has 0 saturated heterocycles. The second-order valence-electron chi connectivity index (χ2n) is 5.45. The Balaban J connectivity index is 3.19. The van der Waals surface area contributed by atoms with Gasteiger partial charge in [-0.3, -0.25) is 0 Å². The fourth-order valence-corrected chi connectivity index (χ4v) is 4.13. The lowest BCUT2D eigenvalue weighted by molar-refractivity contribution is 0.236. The Hall–Kier alpha value is -0.953. The van der Waals surface area contributed by atoms with Gasteiger partial charge in [-0.1, -0.05) is 26.7 Å². The van der Waals surface area contributed by atoms with Crippen molar-refractivity contribution in [1.29, 1.82) is 0 Å². The van der Waals surface area contributed by atoms with Gasteiger partial charge in [0.25, 0.3) is 0 Å². The van der Waals surface area contributed by atoms with Crippen LogP contribution in [0.2, 0.25) is 13.1 Å². The molecule has 0 saturated carbocycles. The van der Waals surface area contributed by atoms with Crippen molar-refractivity contribution in [2.45, 2.75) is 39.8 Å². The second kappa shape index (κ2) is 6.87. The summed E-state index contributed by atoms with van der Waals surface area (Å²) in [6.07, 6.45) is 1.64. The molecule has 120 valence electrons. The van der Waals surface area contributed by atoms with E-state index in [0.717, 1.165) is 12.8 Å². The summed E-state index contributed by atoms with van der Waals surface area (Å²) >= 11 is 0. The minimum atomic E-state index is -3.25. The molecule has 0 spiro atoms. The highest BCUT2D eigenvalue weighted by molar-refractivity contribution is 6.84. The average molecular weight is 326 g/mol. The van der Waals surface area contributed by atoms with Crippen molar-refractivity contribution in [2.24, 2.45) is 5.92 Å². The average Bonchev–Trinajstić information content (AvgIpc) is 2.44. The molecule has 1 aromatic carbocycles. The zero-order chi connectivity index (χ0) is 16.4. The fraction of sp³-hybridized carbons (Fsp3) is 0.571. The molecule has 0 N–H and O–H groups in total. The van der Waals surface area contributed by atoms with Crippen LogP contribution in [0.1, 0.15) is 26.7 Å². The van der Waals surface area contributed by atoms with Gasteiger partial charge in [0.2, 0.25) is 14.1 Å².